The minimum absolute atomic E-state index is 0.0845. The maximum Gasteiger partial charge on any atom is 0.240 e. The Morgan fingerprint density at radius 1 is 1.33 bits per heavy atom. The van der Waals surface area contributed by atoms with Gasteiger partial charge in [0.15, 0.2) is 5.84 Å². The van der Waals surface area contributed by atoms with Crippen molar-refractivity contribution in [1.29, 1.82) is 0 Å². The molecule has 0 aliphatic carbocycles. The Bertz CT molecular complexity index is 581. The number of piperidine rings is 1. The predicted octanol–water partition coefficient (Wildman–Crippen LogP) is 0.176. The number of likely N-dealkylation sites (tertiary alicyclic amines) is 1. The van der Waals surface area contributed by atoms with Gasteiger partial charge in [-0.1, -0.05) is 23.4 Å². The first-order valence-corrected chi connectivity index (χ1v) is 8.26. The minimum Gasteiger partial charge on any atom is -0.409 e. The maximum atomic E-state index is 12.2. The molecule has 0 atom stereocenters. The molecule has 116 valence electrons. The Morgan fingerprint density at radius 3 is 2.52 bits per heavy atom. The van der Waals surface area contributed by atoms with Crippen LogP contribution in [0.4, 0.5) is 0 Å². The Hall–Kier alpha value is -1.64. The number of oxime groups is 1. The molecular formula is C13H20N4O3S. The second kappa shape index (κ2) is 6.88. The van der Waals surface area contributed by atoms with E-state index in [1.54, 1.807) is 30.3 Å². The number of hydrogen-bond donors (Lipinski definition) is 3. The van der Waals surface area contributed by atoms with Gasteiger partial charge >= 0.3 is 0 Å². The van der Waals surface area contributed by atoms with E-state index in [4.69, 9.17) is 10.9 Å². The summed E-state index contributed by atoms with van der Waals surface area (Å²) < 4.78 is 27.2. The van der Waals surface area contributed by atoms with Crippen molar-refractivity contribution in [3.63, 3.8) is 0 Å². The van der Waals surface area contributed by atoms with Crippen molar-refractivity contribution in [3.05, 3.63) is 30.3 Å². The molecule has 1 saturated heterocycles. The van der Waals surface area contributed by atoms with Crippen LogP contribution in [0, 0.1) is 0 Å². The highest BCUT2D eigenvalue weighted by Gasteiger charge is 2.24. The van der Waals surface area contributed by atoms with Crippen LogP contribution in [0.3, 0.4) is 0 Å². The topological polar surface area (TPSA) is 108 Å². The average Bonchev–Trinajstić information content (AvgIpc) is 2.50. The second-order valence-electron chi connectivity index (χ2n) is 5.08. The molecule has 1 aliphatic rings. The zero-order valence-corrected chi connectivity index (χ0v) is 12.5. The van der Waals surface area contributed by atoms with Crippen molar-refractivity contribution >= 4 is 15.9 Å². The Morgan fingerprint density at radius 2 is 1.95 bits per heavy atom. The standard InChI is InChI=1S/C13H20N4O3S/c14-13(15-18)10-17-8-6-11(7-9-17)16-21(19,20)12-4-2-1-3-5-12/h1-5,11,16,18H,6-10H2,(H2,14,15). The minimum atomic E-state index is -3.46. The predicted molar refractivity (Wildman–Crippen MR) is 79.6 cm³/mol. The summed E-state index contributed by atoms with van der Waals surface area (Å²) in [4.78, 5) is 2.31. The number of nitrogens with one attached hydrogen (secondary N) is 1. The molecule has 0 aromatic heterocycles. The van der Waals surface area contributed by atoms with Gasteiger partial charge in [0.25, 0.3) is 0 Å². The fourth-order valence-electron chi connectivity index (χ4n) is 2.36. The number of rotatable bonds is 5. The van der Waals surface area contributed by atoms with Gasteiger partial charge < -0.3 is 10.9 Å². The van der Waals surface area contributed by atoms with E-state index in [2.05, 4.69) is 9.88 Å². The monoisotopic (exact) mass is 312 g/mol. The normalized spacial score (nSPS) is 18.8. The summed E-state index contributed by atoms with van der Waals surface area (Å²) >= 11 is 0. The van der Waals surface area contributed by atoms with Gasteiger partial charge in [-0.05, 0) is 25.0 Å². The fraction of sp³-hybridized carbons (Fsp3) is 0.462. The van der Waals surface area contributed by atoms with Crippen LogP contribution in [0.25, 0.3) is 0 Å². The summed E-state index contributed by atoms with van der Waals surface area (Å²) in [5.74, 6) is 0.165. The van der Waals surface area contributed by atoms with E-state index < -0.39 is 10.0 Å². The van der Waals surface area contributed by atoms with Gasteiger partial charge in [0.1, 0.15) is 0 Å². The largest absolute Gasteiger partial charge is 0.409 e. The molecule has 0 unspecified atom stereocenters. The number of sulfonamides is 1. The zero-order chi connectivity index (χ0) is 15.3. The molecule has 7 nitrogen and oxygen atoms in total. The zero-order valence-electron chi connectivity index (χ0n) is 11.6. The lowest BCUT2D eigenvalue weighted by molar-refractivity contribution is 0.228. The number of amidine groups is 1. The van der Waals surface area contributed by atoms with Crippen LogP contribution >= 0.6 is 0 Å². The molecule has 21 heavy (non-hydrogen) atoms. The van der Waals surface area contributed by atoms with E-state index in [1.807, 2.05) is 4.90 Å². The molecule has 1 aromatic rings. The quantitative estimate of drug-likeness (QED) is 0.311. The van der Waals surface area contributed by atoms with Gasteiger partial charge in [0.05, 0.1) is 11.4 Å². The van der Waals surface area contributed by atoms with Crippen LogP contribution in [0.2, 0.25) is 0 Å². The summed E-state index contributed by atoms with van der Waals surface area (Å²) in [7, 11) is -3.46. The second-order valence-corrected chi connectivity index (χ2v) is 6.79. The lowest BCUT2D eigenvalue weighted by Gasteiger charge is -2.31. The highest BCUT2D eigenvalue weighted by atomic mass is 32.2. The van der Waals surface area contributed by atoms with Gasteiger partial charge in [-0.3, -0.25) is 4.90 Å². The molecule has 2 rings (SSSR count). The highest BCUT2D eigenvalue weighted by molar-refractivity contribution is 7.89. The van der Waals surface area contributed by atoms with Crippen LogP contribution in [0.1, 0.15) is 12.8 Å². The van der Waals surface area contributed by atoms with Crippen LogP contribution in [0.5, 0.6) is 0 Å². The Labute approximate surface area is 124 Å². The third kappa shape index (κ3) is 4.42. The third-order valence-electron chi connectivity index (χ3n) is 3.48. The van der Waals surface area contributed by atoms with Gasteiger partial charge in [0.2, 0.25) is 10.0 Å². The smallest absolute Gasteiger partial charge is 0.240 e. The van der Waals surface area contributed by atoms with Gasteiger partial charge in [0, 0.05) is 19.1 Å². The van der Waals surface area contributed by atoms with Crippen LogP contribution in [-0.4, -0.2) is 50.0 Å². The lowest BCUT2D eigenvalue weighted by Crippen LogP contribution is -2.46. The molecule has 8 heteroatoms. The fourth-order valence-corrected chi connectivity index (χ4v) is 3.68. The van der Waals surface area contributed by atoms with Crippen molar-refractivity contribution < 1.29 is 13.6 Å². The third-order valence-corrected chi connectivity index (χ3v) is 5.01. The molecule has 1 aromatic carbocycles. The molecule has 0 radical (unpaired) electrons. The SMILES string of the molecule is NC(CN1CCC(NS(=O)(=O)c2ccccc2)CC1)=NO. The Kier molecular flexibility index (Phi) is 5.16. The summed E-state index contributed by atoms with van der Waals surface area (Å²) in [5, 5.41) is 11.5. The van der Waals surface area contributed by atoms with E-state index in [9.17, 15) is 8.42 Å². The summed E-state index contributed by atoms with van der Waals surface area (Å²) in [6, 6.07) is 8.26. The molecular weight excluding hydrogens is 292 g/mol. The summed E-state index contributed by atoms with van der Waals surface area (Å²) in [6.45, 7) is 1.81. The van der Waals surface area contributed by atoms with E-state index in [0.29, 0.717) is 32.5 Å². The van der Waals surface area contributed by atoms with Crippen molar-refractivity contribution in [2.75, 3.05) is 19.6 Å². The van der Waals surface area contributed by atoms with Gasteiger partial charge in [-0.25, -0.2) is 13.1 Å². The summed E-state index contributed by atoms with van der Waals surface area (Å²) in [5.41, 5.74) is 5.46. The van der Waals surface area contributed by atoms with E-state index in [-0.39, 0.29) is 16.8 Å². The van der Waals surface area contributed by atoms with E-state index in [1.165, 1.54) is 0 Å². The van der Waals surface area contributed by atoms with E-state index in [0.717, 1.165) is 0 Å². The average molecular weight is 312 g/mol. The van der Waals surface area contributed by atoms with Gasteiger partial charge in [-0.15, -0.1) is 0 Å². The number of nitrogens with two attached hydrogens (primary N) is 1. The molecule has 1 heterocycles. The molecule has 1 aliphatic heterocycles. The summed E-state index contributed by atoms with van der Waals surface area (Å²) in [6.07, 6.45) is 1.40. The maximum absolute atomic E-state index is 12.2. The first-order chi connectivity index (χ1) is 10.0. The van der Waals surface area contributed by atoms with E-state index >= 15 is 0 Å². The first kappa shape index (κ1) is 15.7. The van der Waals surface area contributed by atoms with Crippen molar-refractivity contribution in [2.24, 2.45) is 10.9 Å². The first-order valence-electron chi connectivity index (χ1n) is 6.77. The molecule has 0 saturated carbocycles. The van der Waals surface area contributed by atoms with Crippen molar-refractivity contribution in [2.45, 2.75) is 23.8 Å². The van der Waals surface area contributed by atoms with Crippen LogP contribution in [0.15, 0.2) is 40.4 Å². The van der Waals surface area contributed by atoms with Crippen LogP contribution < -0.4 is 10.5 Å². The molecule has 1 fully saturated rings. The Balaban J connectivity index is 1.89. The van der Waals surface area contributed by atoms with Gasteiger partial charge in [-0.2, -0.15) is 0 Å². The van der Waals surface area contributed by atoms with Crippen LogP contribution in [-0.2, 0) is 10.0 Å². The highest BCUT2D eigenvalue weighted by Crippen LogP contribution is 2.14. The lowest BCUT2D eigenvalue weighted by atomic mass is 10.1. The van der Waals surface area contributed by atoms with Crippen molar-refractivity contribution in [3.8, 4) is 0 Å². The molecule has 4 N–H and O–H groups in total. The number of hydrogen-bond acceptors (Lipinski definition) is 5. The van der Waals surface area contributed by atoms with Crippen molar-refractivity contribution in [1.82, 2.24) is 9.62 Å². The molecule has 0 spiro atoms. The number of nitrogens with zero attached hydrogens (tertiary/aromatic N) is 2. The number of benzene rings is 1. The molecule has 0 amide bonds. The molecule has 0 bridgehead atoms.